The first kappa shape index (κ1) is 9.73. The normalized spacial score (nSPS) is 10.9. The summed E-state index contributed by atoms with van der Waals surface area (Å²) in [6.45, 7) is 0. The molecule has 0 saturated heterocycles. The van der Waals surface area contributed by atoms with Crippen molar-refractivity contribution in [1.29, 1.82) is 0 Å². The molecule has 76 valence electrons. The van der Waals surface area contributed by atoms with Crippen LogP contribution in [0, 0.1) is 0 Å². The lowest BCUT2D eigenvalue weighted by Gasteiger charge is -1.89. The van der Waals surface area contributed by atoms with Crippen LogP contribution in [0.5, 0.6) is 0 Å². The maximum absolute atomic E-state index is 10.8. The van der Waals surface area contributed by atoms with Gasteiger partial charge >= 0.3 is 5.97 Å². The molecule has 0 aliphatic carbocycles. The molecule has 2 rings (SSSR count). The number of carboxylic acids is 1. The van der Waals surface area contributed by atoms with E-state index in [4.69, 9.17) is 9.52 Å². The molecule has 15 heavy (non-hydrogen) atoms. The third-order valence-electron chi connectivity index (χ3n) is 1.87. The molecular formula is C11H8O3S. The van der Waals surface area contributed by atoms with E-state index in [9.17, 15) is 4.79 Å². The van der Waals surface area contributed by atoms with E-state index in [1.54, 1.807) is 17.4 Å². The first-order chi connectivity index (χ1) is 7.27. The molecule has 0 aromatic carbocycles. The quantitative estimate of drug-likeness (QED) is 0.864. The van der Waals surface area contributed by atoms with Gasteiger partial charge in [-0.25, -0.2) is 4.79 Å². The zero-order valence-electron chi connectivity index (χ0n) is 7.71. The predicted octanol–water partition coefficient (Wildman–Crippen LogP) is 3.21. The van der Waals surface area contributed by atoms with Gasteiger partial charge in [-0.2, -0.15) is 0 Å². The number of rotatable bonds is 3. The average molecular weight is 220 g/mol. The van der Waals surface area contributed by atoms with E-state index in [2.05, 4.69) is 0 Å². The maximum atomic E-state index is 10.8. The fourth-order valence-corrected chi connectivity index (χ4v) is 1.79. The molecule has 0 bridgehead atoms. The number of hydrogen-bond acceptors (Lipinski definition) is 3. The smallest absolute Gasteiger partial charge is 0.339 e. The van der Waals surface area contributed by atoms with Gasteiger partial charge in [0, 0.05) is 4.88 Å². The highest BCUT2D eigenvalue weighted by Gasteiger charge is 2.10. The van der Waals surface area contributed by atoms with Crippen LogP contribution in [0.1, 0.15) is 21.0 Å². The standard InChI is InChI=1S/C11H8O3S/c12-11(13)9-5-6-14-10(9)4-3-8-2-1-7-15-8/h1-7H,(H,12,13). The molecule has 3 nitrogen and oxygen atoms in total. The van der Waals surface area contributed by atoms with Crippen molar-refractivity contribution in [1.82, 2.24) is 0 Å². The highest BCUT2D eigenvalue weighted by molar-refractivity contribution is 7.10. The molecule has 2 heterocycles. The van der Waals surface area contributed by atoms with Crippen molar-refractivity contribution in [3.8, 4) is 0 Å². The summed E-state index contributed by atoms with van der Waals surface area (Å²) in [5, 5.41) is 10.8. The van der Waals surface area contributed by atoms with Crippen LogP contribution in [0.2, 0.25) is 0 Å². The molecule has 0 aliphatic heterocycles. The molecule has 2 aromatic rings. The van der Waals surface area contributed by atoms with Crippen molar-refractivity contribution in [3.63, 3.8) is 0 Å². The van der Waals surface area contributed by atoms with Crippen molar-refractivity contribution in [3.05, 3.63) is 46.0 Å². The second-order valence-electron chi connectivity index (χ2n) is 2.85. The Morgan fingerprint density at radius 1 is 1.40 bits per heavy atom. The van der Waals surface area contributed by atoms with E-state index in [0.29, 0.717) is 5.76 Å². The number of aromatic carboxylic acids is 1. The van der Waals surface area contributed by atoms with Crippen molar-refractivity contribution < 1.29 is 14.3 Å². The molecule has 0 aliphatic rings. The highest BCUT2D eigenvalue weighted by Crippen LogP contribution is 2.16. The summed E-state index contributed by atoms with van der Waals surface area (Å²) in [6, 6.07) is 5.32. The lowest BCUT2D eigenvalue weighted by atomic mass is 10.2. The monoisotopic (exact) mass is 220 g/mol. The van der Waals surface area contributed by atoms with Crippen LogP contribution in [0.15, 0.2) is 34.3 Å². The topological polar surface area (TPSA) is 50.4 Å². The van der Waals surface area contributed by atoms with Gasteiger partial charge in [0.05, 0.1) is 6.26 Å². The zero-order valence-corrected chi connectivity index (χ0v) is 8.53. The fourth-order valence-electron chi connectivity index (χ4n) is 1.17. The number of hydrogen-bond donors (Lipinski definition) is 1. The van der Waals surface area contributed by atoms with E-state index in [1.807, 2.05) is 23.6 Å². The SMILES string of the molecule is O=C(O)c1ccoc1C=Cc1cccs1. The molecular weight excluding hydrogens is 212 g/mol. The van der Waals surface area contributed by atoms with E-state index in [-0.39, 0.29) is 5.56 Å². The van der Waals surface area contributed by atoms with Gasteiger partial charge in [-0.15, -0.1) is 11.3 Å². The molecule has 0 fully saturated rings. The Balaban J connectivity index is 2.24. The molecule has 0 saturated carbocycles. The summed E-state index contributed by atoms with van der Waals surface area (Å²) in [6.07, 6.45) is 4.86. The number of thiophene rings is 1. The van der Waals surface area contributed by atoms with Crippen LogP contribution >= 0.6 is 11.3 Å². The first-order valence-electron chi connectivity index (χ1n) is 4.30. The largest absolute Gasteiger partial charge is 0.478 e. The Morgan fingerprint density at radius 2 is 2.27 bits per heavy atom. The van der Waals surface area contributed by atoms with E-state index in [0.717, 1.165) is 4.88 Å². The summed E-state index contributed by atoms with van der Waals surface area (Å²) in [4.78, 5) is 11.8. The summed E-state index contributed by atoms with van der Waals surface area (Å²) < 4.78 is 5.06. The Hall–Kier alpha value is -1.81. The lowest BCUT2D eigenvalue weighted by molar-refractivity contribution is 0.0696. The van der Waals surface area contributed by atoms with Crippen LogP contribution in [0.25, 0.3) is 12.2 Å². The summed E-state index contributed by atoms with van der Waals surface area (Å²) in [5.41, 5.74) is 0.183. The van der Waals surface area contributed by atoms with Gasteiger partial charge in [0.2, 0.25) is 0 Å². The van der Waals surface area contributed by atoms with Gasteiger partial charge in [-0.05, 0) is 29.7 Å². The molecule has 0 atom stereocenters. The van der Waals surface area contributed by atoms with E-state index >= 15 is 0 Å². The van der Waals surface area contributed by atoms with Crippen molar-refractivity contribution in [2.75, 3.05) is 0 Å². The van der Waals surface area contributed by atoms with Crippen LogP contribution < -0.4 is 0 Å². The van der Waals surface area contributed by atoms with Crippen LogP contribution in [0.3, 0.4) is 0 Å². The van der Waals surface area contributed by atoms with Crippen LogP contribution in [0.4, 0.5) is 0 Å². The van der Waals surface area contributed by atoms with Gasteiger partial charge < -0.3 is 9.52 Å². The van der Waals surface area contributed by atoms with Crippen LogP contribution in [-0.4, -0.2) is 11.1 Å². The fraction of sp³-hybridized carbons (Fsp3) is 0. The number of carboxylic acid groups (broad SMARTS) is 1. The van der Waals surface area contributed by atoms with Crippen molar-refractivity contribution in [2.45, 2.75) is 0 Å². The zero-order chi connectivity index (χ0) is 10.7. The van der Waals surface area contributed by atoms with Gasteiger partial charge in [0.15, 0.2) is 0 Å². The lowest BCUT2D eigenvalue weighted by Crippen LogP contribution is -1.95. The second kappa shape index (κ2) is 4.14. The first-order valence-corrected chi connectivity index (χ1v) is 5.18. The molecule has 0 unspecified atom stereocenters. The van der Waals surface area contributed by atoms with E-state index < -0.39 is 5.97 Å². The van der Waals surface area contributed by atoms with E-state index in [1.165, 1.54) is 12.3 Å². The van der Waals surface area contributed by atoms with Gasteiger partial charge in [-0.1, -0.05) is 6.07 Å². The third kappa shape index (κ3) is 2.16. The maximum Gasteiger partial charge on any atom is 0.339 e. The minimum atomic E-state index is -0.977. The van der Waals surface area contributed by atoms with Gasteiger partial charge in [-0.3, -0.25) is 0 Å². The van der Waals surface area contributed by atoms with Gasteiger partial charge in [0.1, 0.15) is 11.3 Å². The molecule has 0 radical (unpaired) electrons. The Labute approximate surface area is 90.3 Å². The van der Waals surface area contributed by atoms with Crippen LogP contribution in [-0.2, 0) is 0 Å². The molecule has 1 N–H and O–H groups in total. The second-order valence-corrected chi connectivity index (χ2v) is 3.83. The minimum Gasteiger partial charge on any atom is -0.478 e. The summed E-state index contributed by atoms with van der Waals surface area (Å²) in [7, 11) is 0. The van der Waals surface area contributed by atoms with Crippen molar-refractivity contribution >= 4 is 29.5 Å². The van der Waals surface area contributed by atoms with Crippen molar-refractivity contribution in [2.24, 2.45) is 0 Å². The summed E-state index contributed by atoms with van der Waals surface area (Å²) in [5.74, 6) is -0.606. The number of carbonyl (C=O) groups is 1. The Kier molecular flexibility index (Phi) is 2.69. The minimum absolute atomic E-state index is 0.183. The molecule has 0 spiro atoms. The molecule has 4 heteroatoms. The Bertz CT molecular complexity index is 480. The average Bonchev–Trinajstić information content (AvgIpc) is 2.86. The Morgan fingerprint density at radius 3 is 2.93 bits per heavy atom. The highest BCUT2D eigenvalue weighted by atomic mass is 32.1. The predicted molar refractivity (Wildman–Crippen MR) is 58.9 cm³/mol. The third-order valence-corrected chi connectivity index (χ3v) is 2.71. The molecule has 0 amide bonds. The van der Waals surface area contributed by atoms with Gasteiger partial charge in [0.25, 0.3) is 0 Å². The molecule has 2 aromatic heterocycles. The number of furan rings is 1. The summed E-state index contributed by atoms with van der Waals surface area (Å²) >= 11 is 1.58.